The summed E-state index contributed by atoms with van der Waals surface area (Å²) in [5.41, 5.74) is -1.23. The van der Waals surface area contributed by atoms with Crippen LogP contribution < -0.4 is 5.56 Å². The van der Waals surface area contributed by atoms with Gasteiger partial charge in [0.1, 0.15) is 11.6 Å². The molecule has 1 rings (SSSR count). The van der Waals surface area contributed by atoms with E-state index in [4.69, 9.17) is 5.26 Å². The molecule has 13 heavy (non-hydrogen) atoms. The van der Waals surface area contributed by atoms with Crippen LogP contribution in [0.4, 0.5) is 8.78 Å². The summed E-state index contributed by atoms with van der Waals surface area (Å²) in [4.78, 5) is 13.0. The molecule has 0 fully saturated rings. The standard InChI is InChI=1S/C7H3F2IN2O/c8-6(9)4-2-12-7(13)3(1-11)5(4)10/h2,6H,(H,12,13). The largest absolute Gasteiger partial charge is 0.327 e. The zero-order chi connectivity index (χ0) is 10.0. The van der Waals surface area contributed by atoms with Crippen molar-refractivity contribution in [3.8, 4) is 6.07 Å². The molecule has 6 heteroatoms. The minimum absolute atomic E-state index is 0.0128. The van der Waals surface area contributed by atoms with Crippen LogP contribution in [0.5, 0.6) is 0 Å². The minimum atomic E-state index is -2.68. The average molecular weight is 296 g/mol. The molecule has 0 aliphatic heterocycles. The Balaban J connectivity index is 3.47. The lowest BCUT2D eigenvalue weighted by atomic mass is 10.2. The van der Waals surface area contributed by atoms with Crippen molar-refractivity contribution in [2.24, 2.45) is 0 Å². The van der Waals surface area contributed by atoms with E-state index in [0.29, 0.717) is 0 Å². The Morgan fingerprint density at radius 3 is 2.69 bits per heavy atom. The fraction of sp³-hybridized carbons (Fsp3) is 0.143. The van der Waals surface area contributed by atoms with E-state index >= 15 is 0 Å². The van der Waals surface area contributed by atoms with Crippen molar-refractivity contribution in [3.63, 3.8) is 0 Å². The Bertz CT molecular complexity index is 421. The predicted molar refractivity (Wildman–Crippen MR) is 49.5 cm³/mol. The van der Waals surface area contributed by atoms with Crippen molar-refractivity contribution >= 4 is 22.6 Å². The first-order valence-electron chi connectivity index (χ1n) is 3.17. The van der Waals surface area contributed by atoms with Gasteiger partial charge in [0.05, 0.1) is 0 Å². The molecule has 0 saturated carbocycles. The predicted octanol–water partition coefficient (Wildman–Crippen LogP) is 1.79. The molecule has 1 aromatic heterocycles. The molecule has 0 bridgehead atoms. The summed E-state index contributed by atoms with van der Waals surface area (Å²) >= 11 is 1.56. The van der Waals surface area contributed by atoms with Crippen LogP contribution in [0.25, 0.3) is 0 Å². The Hall–Kier alpha value is -0.970. The first-order chi connectivity index (χ1) is 6.07. The lowest BCUT2D eigenvalue weighted by Crippen LogP contribution is -2.13. The number of nitrogens with zero attached hydrogens (tertiary/aromatic N) is 1. The molecule has 0 atom stereocenters. The zero-order valence-electron chi connectivity index (χ0n) is 6.14. The van der Waals surface area contributed by atoms with E-state index < -0.39 is 12.0 Å². The normalized spacial score (nSPS) is 10.1. The molecule has 68 valence electrons. The molecule has 1 aromatic rings. The second-order valence-electron chi connectivity index (χ2n) is 2.17. The number of pyridine rings is 1. The molecular formula is C7H3F2IN2O. The molecule has 1 heterocycles. The highest BCUT2D eigenvalue weighted by Gasteiger charge is 2.16. The summed E-state index contributed by atoms with van der Waals surface area (Å²) in [6.07, 6.45) is -1.76. The number of nitriles is 1. The molecule has 0 amide bonds. The second-order valence-corrected chi connectivity index (χ2v) is 3.25. The van der Waals surface area contributed by atoms with Crippen molar-refractivity contribution in [1.82, 2.24) is 4.98 Å². The van der Waals surface area contributed by atoms with Gasteiger partial charge in [0.15, 0.2) is 0 Å². The van der Waals surface area contributed by atoms with Gasteiger partial charge in [-0.1, -0.05) is 0 Å². The van der Waals surface area contributed by atoms with Crippen LogP contribution in [0.1, 0.15) is 17.6 Å². The first-order valence-corrected chi connectivity index (χ1v) is 4.25. The van der Waals surface area contributed by atoms with Gasteiger partial charge in [0, 0.05) is 15.3 Å². The van der Waals surface area contributed by atoms with Crippen molar-refractivity contribution in [3.05, 3.63) is 31.2 Å². The maximum Gasteiger partial charge on any atom is 0.266 e. The number of H-pyrrole nitrogens is 1. The smallest absolute Gasteiger partial charge is 0.266 e. The van der Waals surface area contributed by atoms with Crippen LogP contribution in [0.15, 0.2) is 11.0 Å². The Morgan fingerprint density at radius 2 is 2.23 bits per heavy atom. The molecule has 1 N–H and O–H groups in total. The van der Waals surface area contributed by atoms with Gasteiger partial charge in [-0.3, -0.25) is 4.79 Å². The summed E-state index contributed by atoms with van der Waals surface area (Å²) in [5, 5.41) is 8.49. The molecular weight excluding hydrogens is 293 g/mol. The van der Waals surface area contributed by atoms with E-state index in [-0.39, 0.29) is 14.7 Å². The van der Waals surface area contributed by atoms with E-state index in [1.54, 1.807) is 28.7 Å². The third-order valence-electron chi connectivity index (χ3n) is 1.41. The van der Waals surface area contributed by atoms with E-state index in [9.17, 15) is 13.6 Å². The van der Waals surface area contributed by atoms with Crippen LogP contribution >= 0.6 is 22.6 Å². The van der Waals surface area contributed by atoms with Crippen molar-refractivity contribution in [2.45, 2.75) is 6.43 Å². The fourth-order valence-corrected chi connectivity index (χ4v) is 1.54. The number of hydrogen-bond donors (Lipinski definition) is 1. The lowest BCUT2D eigenvalue weighted by Gasteiger charge is -2.02. The monoisotopic (exact) mass is 296 g/mol. The van der Waals surface area contributed by atoms with Crippen LogP contribution in [-0.4, -0.2) is 4.98 Å². The van der Waals surface area contributed by atoms with E-state index in [2.05, 4.69) is 4.98 Å². The quantitative estimate of drug-likeness (QED) is 0.803. The lowest BCUT2D eigenvalue weighted by molar-refractivity contribution is 0.150. The number of aromatic amines is 1. The molecule has 0 saturated heterocycles. The number of halogens is 3. The SMILES string of the molecule is N#Cc1c(I)c(C(F)F)c[nH]c1=O. The molecule has 0 radical (unpaired) electrons. The topological polar surface area (TPSA) is 56.6 Å². The molecule has 0 aliphatic carbocycles. The zero-order valence-corrected chi connectivity index (χ0v) is 8.30. The Kier molecular flexibility index (Phi) is 2.98. The summed E-state index contributed by atoms with van der Waals surface area (Å²) in [6, 6.07) is 1.57. The van der Waals surface area contributed by atoms with Gasteiger partial charge in [-0.25, -0.2) is 8.78 Å². The van der Waals surface area contributed by atoms with Gasteiger partial charge >= 0.3 is 0 Å². The van der Waals surface area contributed by atoms with Crippen LogP contribution in [0, 0.1) is 14.9 Å². The van der Waals surface area contributed by atoms with Crippen LogP contribution in [0.2, 0.25) is 0 Å². The molecule has 0 unspecified atom stereocenters. The molecule has 0 aliphatic rings. The summed E-state index contributed by atoms with van der Waals surface area (Å²) < 4.78 is 24.5. The summed E-state index contributed by atoms with van der Waals surface area (Å²) in [6.45, 7) is 0. The Morgan fingerprint density at radius 1 is 1.62 bits per heavy atom. The second kappa shape index (κ2) is 3.83. The number of rotatable bonds is 1. The first kappa shape index (κ1) is 10.1. The number of nitrogens with one attached hydrogen (secondary N) is 1. The van der Waals surface area contributed by atoms with Gasteiger partial charge < -0.3 is 4.98 Å². The van der Waals surface area contributed by atoms with Gasteiger partial charge in [0.25, 0.3) is 12.0 Å². The number of alkyl halides is 2. The summed E-state index contributed by atoms with van der Waals surface area (Å²) in [5.74, 6) is 0. The third-order valence-corrected chi connectivity index (χ3v) is 2.57. The van der Waals surface area contributed by atoms with Crippen molar-refractivity contribution in [1.29, 1.82) is 5.26 Å². The van der Waals surface area contributed by atoms with Gasteiger partial charge in [-0.2, -0.15) is 5.26 Å². The van der Waals surface area contributed by atoms with E-state index in [0.717, 1.165) is 6.20 Å². The van der Waals surface area contributed by atoms with E-state index in [1.165, 1.54) is 0 Å². The number of aromatic nitrogens is 1. The highest BCUT2D eigenvalue weighted by Crippen LogP contribution is 2.23. The fourth-order valence-electron chi connectivity index (χ4n) is 0.781. The highest BCUT2D eigenvalue weighted by molar-refractivity contribution is 14.1. The van der Waals surface area contributed by atoms with Gasteiger partial charge in [0.2, 0.25) is 0 Å². The van der Waals surface area contributed by atoms with Crippen LogP contribution in [-0.2, 0) is 0 Å². The average Bonchev–Trinajstić information content (AvgIpc) is 2.04. The molecule has 3 nitrogen and oxygen atoms in total. The molecule has 0 aromatic carbocycles. The van der Waals surface area contributed by atoms with E-state index in [1.807, 2.05) is 0 Å². The number of hydrogen-bond acceptors (Lipinski definition) is 2. The van der Waals surface area contributed by atoms with Crippen molar-refractivity contribution in [2.75, 3.05) is 0 Å². The Labute approximate surface area is 85.5 Å². The van der Waals surface area contributed by atoms with Crippen molar-refractivity contribution < 1.29 is 8.78 Å². The van der Waals surface area contributed by atoms with Gasteiger partial charge in [-0.15, -0.1) is 0 Å². The molecule has 0 spiro atoms. The minimum Gasteiger partial charge on any atom is -0.327 e. The van der Waals surface area contributed by atoms with Crippen LogP contribution in [0.3, 0.4) is 0 Å². The summed E-state index contributed by atoms with van der Waals surface area (Å²) in [7, 11) is 0. The maximum absolute atomic E-state index is 12.2. The van der Waals surface area contributed by atoms with Gasteiger partial charge in [-0.05, 0) is 22.6 Å². The maximum atomic E-state index is 12.2. The third kappa shape index (κ3) is 1.85. The highest BCUT2D eigenvalue weighted by atomic mass is 127.